The predicted molar refractivity (Wildman–Crippen MR) is 88.7 cm³/mol. The summed E-state index contributed by atoms with van der Waals surface area (Å²) < 4.78 is 15.8. The number of rotatable bonds is 7. The molecule has 7 nitrogen and oxygen atoms in total. The molecule has 0 fully saturated rings. The average molecular weight is 348 g/mol. The monoisotopic (exact) mass is 348 g/mol. The average Bonchev–Trinajstić information content (AvgIpc) is 2.62. The van der Waals surface area contributed by atoms with Gasteiger partial charge in [-0.15, -0.1) is 0 Å². The van der Waals surface area contributed by atoms with E-state index in [2.05, 4.69) is 0 Å². The van der Waals surface area contributed by atoms with E-state index in [1.165, 1.54) is 7.11 Å². The molecule has 134 valence electrons. The fourth-order valence-electron chi connectivity index (χ4n) is 2.55. The van der Waals surface area contributed by atoms with Crippen molar-refractivity contribution >= 4 is 5.97 Å². The molecule has 1 unspecified atom stereocenters. The number of carbonyl (C=O) groups excluding carboxylic acids is 1. The fourth-order valence-corrected chi connectivity index (χ4v) is 2.55. The van der Waals surface area contributed by atoms with Gasteiger partial charge in [0.1, 0.15) is 18.1 Å². The second-order valence-electron chi connectivity index (χ2n) is 5.25. The van der Waals surface area contributed by atoms with Gasteiger partial charge in [-0.1, -0.05) is 18.2 Å². The summed E-state index contributed by atoms with van der Waals surface area (Å²) in [6, 6.07) is 7.89. The standard InChI is InChI=1S/C18H20O7/c1-3-24-16(21)9-13(12-6-4-5-7-15(12)23-2)18-17(22)14(20)8-11(10-19)25-18/h4-8,13,19,22H,3,9-10H2,1-2H3. The van der Waals surface area contributed by atoms with Crippen molar-refractivity contribution in [3.05, 3.63) is 57.6 Å². The van der Waals surface area contributed by atoms with E-state index in [1.807, 2.05) is 0 Å². The van der Waals surface area contributed by atoms with Crippen LogP contribution in [0, 0.1) is 0 Å². The highest BCUT2D eigenvalue weighted by Gasteiger charge is 2.28. The van der Waals surface area contributed by atoms with Gasteiger partial charge in [-0.2, -0.15) is 0 Å². The Morgan fingerprint density at radius 2 is 2.04 bits per heavy atom. The summed E-state index contributed by atoms with van der Waals surface area (Å²) in [5.74, 6) is -1.61. The van der Waals surface area contributed by atoms with Crippen molar-refractivity contribution in [2.75, 3.05) is 13.7 Å². The summed E-state index contributed by atoms with van der Waals surface area (Å²) in [5.41, 5.74) is -0.152. The number of methoxy groups -OCH3 is 1. The lowest BCUT2D eigenvalue weighted by molar-refractivity contribution is -0.143. The summed E-state index contributed by atoms with van der Waals surface area (Å²) >= 11 is 0. The summed E-state index contributed by atoms with van der Waals surface area (Å²) in [4.78, 5) is 24.0. The molecule has 1 atom stereocenters. The predicted octanol–water partition coefficient (Wildman–Crippen LogP) is 1.93. The first-order valence-electron chi connectivity index (χ1n) is 7.77. The molecule has 2 aromatic rings. The SMILES string of the molecule is CCOC(=O)CC(c1ccccc1OC)c1oc(CO)cc(=O)c1O. The van der Waals surface area contributed by atoms with Crippen LogP contribution in [0.1, 0.15) is 36.3 Å². The van der Waals surface area contributed by atoms with Crippen molar-refractivity contribution in [2.24, 2.45) is 0 Å². The highest BCUT2D eigenvalue weighted by atomic mass is 16.5. The topological polar surface area (TPSA) is 106 Å². The van der Waals surface area contributed by atoms with Crippen molar-refractivity contribution in [1.82, 2.24) is 0 Å². The van der Waals surface area contributed by atoms with E-state index in [-0.39, 0.29) is 24.5 Å². The molecule has 1 aromatic carbocycles. The molecule has 0 radical (unpaired) electrons. The molecular formula is C18H20O7. The molecule has 0 aliphatic carbocycles. The van der Waals surface area contributed by atoms with E-state index in [0.29, 0.717) is 11.3 Å². The van der Waals surface area contributed by atoms with Crippen molar-refractivity contribution in [3.63, 3.8) is 0 Å². The number of ether oxygens (including phenoxy) is 2. The third-order valence-corrected chi connectivity index (χ3v) is 3.66. The van der Waals surface area contributed by atoms with Gasteiger partial charge >= 0.3 is 5.97 Å². The van der Waals surface area contributed by atoms with E-state index in [4.69, 9.17) is 13.9 Å². The Bertz CT molecular complexity index is 794. The van der Waals surface area contributed by atoms with Gasteiger partial charge in [0, 0.05) is 11.6 Å². The van der Waals surface area contributed by atoms with E-state index in [9.17, 15) is 19.8 Å². The zero-order valence-electron chi connectivity index (χ0n) is 14.0. The Morgan fingerprint density at radius 3 is 2.68 bits per heavy atom. The van der Waals surface area contributed by atoms with E-state index in [1.54, 1.807) is 31.2 Å². The lowest BCUT2D eigenvalue weighted by atomic mass is 9.91. The molecule has 0 saturated heterocycles. The second kappa shape index (κ2) is 8.34. The minimum Gasteiger partial charge on any atom is -0.502 e. The molecule has 0 aliphatic rings. The van der Waals surface area contributed by atoms with Gasteiger partial charge in [0.15, 0.2) is 5.76 Å². The highest BCUT2D eigenvalue weighted by molar-refractivity contribution is 5.71. The molecule has 0 amide bonds. The van der Waals surface area contributed by atoms with Crippen LogP contribution >= 0.6 is 0 Å². The van der Waals surface area contributed by atoms with Crippen molar-refractivity contribution in [2.45, 2.75) is 25.9 Å². The maximum Gasteiger partial charge on any atom is 0.306 e. The first kappa shape index (κ1) is 18.5. The number of hydrogen-bond acceptors (Lipinski definition) is 7. The number of benzene rings is 1. The van der Waals surface area contributed by atoms with Gasteiger partial charge in [-0.05, 0) is 13.0 Å². The third kappa shape index (κ3) is 4.19. The minimum atomic E-state index is -0.811. The molecule has 2 rings (SSSR count). The molecular weight excluding hydrogens is 328 g/mol. The maximum absolute atomic E-state index is 12.0. The summed E-state index contributed by atoms with van der Waals surface area (Å²) in [6.45, 7) is 1.37. The number of para-hydroxylation sites is 1. The van der Waals surface area contributed by atoms with Gasteiger partial charge in [-0.25, -0.2) is 0 Å². The van der Waals surface area contributed by atoms with Crippen LogP contribution in [0.25, 0.3) is 0 Å². The Kier molecular flexibility index (Phi) is 6.19. The normalized spacial score (nSPS) is 11.8. The van der Waals surface area contributed by atoms with Crippen molar-refractivity contribution < 1.29 is 28.9 Å². The van der Waals surface area contributed by atoms with E-state index in [0.717, 1.165) is 6.07 Å². The molecule has 0 spiro atoms. The Morgan fingerprint density at radius 1 is 1.32 bits per heavy atom. The number of aliphatic hydroxyl groups excluding tert-OH is 1. The van der Waals surface area contributed by atoms with Gasteiger partial charge in [-0.3, -0.25) is 9.59 Å². The van der Waals surface area contributed by atoms with Crippen molar-refractivity contribution in [3.8, 4) is 11.5 Å². The van der Waals surface area contributed by atoms with Crippen LogP contribution in [0.2, 0.25) is 0 Å². The van der Waals surface area contributed by atoms with Crippen LogP contribution in [-0.2, 0) is 16.1 Å². The maximum atomic E-state index is 12.0. The lowest BCUT2D eigenvalue weighted by Crippen LogP contribution is -2.15. The molecule has 1 heterocycles. The smallest absolute Gasteiger partial charge is 0.306 e. The molecule has 2 N–H and O–H groups in total. The van der Waals surface area contributed by atoms with Gasteiger partial charge in [0.2, 0.25) is 11.2 Å². The molecule has 0 aliphatic heterocycles. The molecule has 25 heavy (non-hydrogen) atoms. The Balaban J connectivity index is 2.61. The number of carbonyl (C=O) groups is 1. The van der Waals surface area contributed by atoms with Crippen LogP contribution in [0.5, 0.6) is 11.5 Å². The number of esters is 1. The molecule has 0 bridgehead atoms. The molecule has 7 heteroatoms. The zero-order chi connectivity index (χ0) is 18.4. The van der Waals surface area contributed by atoms with Gasteiger partial charge in [0.05, 0.1) is 26.1 Å². The van der Waals surface area contributed by atoms with Crippen LogP contribution in [0.15, 0.2) is 39.5 Å². The quantitative estimate of drug-likeness (QED) is 0.736. The molecule has 0 saturated carbocycles. The number of aromatic hydroxyl groups is 1. The minimum absolute atomic E-state index is 0.0124. The Hall–Kier alpha value is -2.80. The van der Waals surface area contributed by atoms with Crippen LogP contribution in [0.4, 0.5) is 0 Å². The van der Waals surface area contributed by atoms with E-state index < -0.39 is 29.7 Å². The summed E-state index contributed by atoms with van der Waals surface area (Å²) in [6.07, 6.45) is -0.167. The van der Waals surface area contributed by atoms with Gasteiger partial charge in [0.25, 0.3) is 0 Å². The summed E-state index contributed by atoms with van der Waals surface area (Å²) in [7, 11) is 1.47. The molecule has 1 aromatic heterocycles. The van der Waals surface area contributed by atoms with Crippen LogP contribution in [0.3, 0.4) is 0 Å². The highest BCUT2D eigenvalue weighted by Crippen LogP contribution is 2.37. The number of hydrogen-bond donors (Lipinski definition) is 2. The zero-order valence-corrected chi connectivity index (χ0v) is 14.0. The second-order valence-corrected chi connectivity index (χ2v) is 5.25. The van der Waals surface area contributed by atoms with Crippen molar-refractivity contribution in [1.29, 1.82) is 0 Å². The largest absolute Gasteiger partial charge is 0.502 e. The third-order valence-electron chi connectivity index (χ3n) is 3.66. The summed E-state index contributed by atoms with van der Waals surface area (Å²) in [5, 5.41) is 19.4. The van der Waals surface area contributed by atoms with E-state index >= 15 is 0 Å². The number of aliphatic hydroxyl groups is 1. The first-order valence-corrected chi connectivity index (χ1v) is 7.77. The lowest BCUT2D eigenvalue weighted by Gasteiger charge is -2.19. The van der Waals surface area contributed by atoms with Gasteiger partial charge < -0.3 is 24.1 Å². The van der Waals surface area contributed by atoms with Crippen LogP contribution in [-0.4, -0.2) is 29.9 Å². The Labute approximate surface area is 144 Å². The first-order chi connectivity index (χ1) is 12.0. The fraction of sp³-hybridized carbons (Fsp3) is 0.333. The van der Waals surface area contributed by atoms with Crippen LogP contribution < -0.4 is 10.2 Å².